The fraction of sp³-hybridized carbons (Fsp3) is 0.455. The fourth-order valence-electron chi connectivity index (χ4n) is 1.73. The van der Waals surface area contributed by atoms with Gasteiger partial charge in [-0.2, -0.15) is 5.10 Å². The van der Waals surface area contributed by atoms with E-state index in [0.717, 1.165) is 22.3 Å². The molecule has 0 saturated carbocycles. The van der Waals surface area contributed by atoms with Crippen LogP contribution >= 0.6 is 0 Å². The van der Waals surface area contributed by atoms with Crippen LogP contribution in [0.4, 0.5) is 0 Å². The molecule has 0 aliphatic heterocycles. The van der Waals surface area contributed by atoms with E-state index < -0.39 is 0 Å². The van der Waals surface area contributed by atoms with Gasteiger partial charge in [-0.05, 0) is 33.8 Å². The number of aromatic amines is 1. The molecule has 0 saturated heterocycles. The van der Waals surface area contributed by atoms with Crippen LogP contribution in [-0.2, 0) is 0 Å². The first-order valence-corrected chi connectivity index (χ1v) is 5.09. The van der Waals surface area contributed by atoms with Crippen molar-refractivity contribution in [3.05, 3.63) is 27.7 Å². The Morgan fingerprint density at radius 3 is 2.67 bits per heavy atom. The number of nitrogens with one attached hydrogen (secondary N) is 1. The van der Waals surface area contributed by atoms with Gasteiger partial charge in [0.2, 0.25) is 0 Å². The summed E-state index contributed by atoms with van der Waals surface area (Å²) in [6, 6.07) is 2.19. The second-order valence-corrected chi connectivity index (χ2v) is 4.17. The molecule has 0 amide bonds. The Hall–Kier alpha value is -1.58. The summed E-state index contributed by atoms with van der Waals surface area (Å²) in [7, 11) is 0. The van der Waals surface area contributed by atoms with Crippen molar-refractivity contribution in [2.24, 2.45) is 0 Å². The van der Waals surface area contributed by atoms with E-state index in [9.17, 15) is 4.79 Å². The number of nitrogens with zero attached hydrogens (tertiary/aromatic N) is 2. The molecule has 4 nitrogen and oxygen atoms in total. The third-order valence-corrected chi connectivity index (χ3v) is 2.56. The molecule has 4 heteroatoms. The Kier molecular flexibility index (Phi) is 2.14. The average molecular weight is 205 g/mol. The van der Waals surface area contributed by atoms with Crippen LogP contribution in [-0.4, -0.2) is 14.8 Å². The normalized spacial score (nSPS) is 11.5. The molecule has 0 radical (unpaired) electrons. The maximum Gasteiger partial charge on any atom is 0.251 e. The monoisotopic (exact) mass is 205 g/mol. The third-order valence-electron chi connectivity index (χ3n) is 2.56. The molecular formula is C11H15N3O. The number of aromatic nitrogens is 3. The smallest absolute Gasteiger partial charge is 0.251 e. The average Bonchev–Trinajstić information content (AvgIpc) is 2.45. The highest BCUT2D eigenvalue weighted by atomic mass is 16.1. The summed E-state index contributed by atoms with van der Waals surface area (Å²) in [5.74, 6) is 0. The van der Waals surface area contributed by atoms with E-state index in [1.165, 1.54) is 0 Å². The van der Waals surface area contributed by atoms with Crippen molar-refractivity contribution in [1.29, 1.82) is 0 Å². The van der Waals surface area contributed by atoms with E-state index in [1.807, 2.05) is 24.6 Å². The molecule has 0 unspecified atom stereocenters. The zero-order valence-electron chi connectivity index (χ0n) is 9.46. The van der Waals surface area contributed by atoms with E-state index in [2.05, 4.69) is 23.9 Å². The van der Waals surface area contributed by atoms with Crippen LogP contribution in [0, 0.1) is 13.8 Å². The van der Waals surface area contributed by atoms with Crippen LogP contribution in [0.1, 0.15) is 31.1 Å². The Bertz CT molecular complexity index is 563. The van der Waals surface area contributed by atoms with Crippen molar-refractivity contribution in [3.8, 4) is 0 Å². The number of hydrogen-bond donors (Lipinski definition) is 1. The van der Waals surface area contributed by atoms with Crippen molar-refractivity contribution < 1.29 is 0 Å². The zero-order valence-corrected chi connectivity index (χ0v) is 9.46. The molecule has 0 bridgehead atoms. The van der Waals surface area contributed by atoms with E-state index >= 15 is 0 Å². The highest BCUT2D eigenvalue weighted by Crippen LogP contribution is 2.18. The summed E-state index contributed by atoms with van der Waals surface area (Å²) >= 11 is 0. The minimum atomic E-state index is -0.0334. The molecular weight excluding hydrogens is 190 g/mol. The van der Waals surface area contributed by atoms with Gasteiger partial charge in [0.05, 0.1) is 16.7 Å². The van der Waals surface area contributed by atoms with Crippen LogP contribution < -0.4 is 5.56 Å². The molecule has 0 atom stereocenters. The number of pyridine rings is 1. The van der Waals surface area contributed by atoms with Gasteiger partial charge in [0.15, 0.2) is 0 Å². The highest BCUT2D eigenvalue weighted by Gasteiger charge is 2.11. The molecule has 2 aromatic rings. The summed E-state index contributed by atoms with van der Waals surface area (Å²) in [6.07, 6.45) is 0. The molecule has 1 N–H and O–H groups in total. The maximum atomic E-state index is 11.5. The maximum absolute atomic E-state index is 11.5. The van der Waals surface area contributed by atoms with Gasteiger partial charge in [-0.3, -0.25) is 9.48 Å². The summed E-state index contributed by atoms with van der Waals surface area (Å²) in [5.41, 5.74) is 3.41. The standard InChI is InChI=1S/C11H15N3O/c1-6(2)14-9-5-7(3)11(15)12-10(9)8(4)13-14/h5-6H,1-4H3,(H,12,15). The molecule has 0 spiro atoms. The van der Waals surface area contributed by atoms with Gasteiger partial charge in [0.1, 0.15) is 0 Å². The summed E-state index contributed by atoms with van der Waals surface area (Å²) in [6.45, 7) is 7.87. The van der Waals surface area contributed by atoms with Crippen LogP contribution in [0.5, 0.6) is 0 Å². The lowest BCUT2D eigenvalue weighted by Crippen LogP contribution is -2.09. The molecule has 2 aromatic heterocycles. The van der Waals surface area contributed by atoms with Crippen molar-refractivity contribution in [2.45, 2.75) is 33.7 Å². The molecule has 2 rings (SSSR count). The molecule has 2 heterocycles. The van der Waals surface area contributed by atoms with Gasteiger partial charge < -0.3 is 4.98 Å². The Morgan fingerprint density at radius 2 is 2.07 bits per heavy atom. The highest BCUT2D eigenvalue weighted by molar-refractivity contribution is 5.77. The molecule has 0 aliphatic carbocycles. The summed E-state index contributed by atoms with van der Waals surface area (Å²) < 4.78 is 1.94. The van der Waals surface area contributed by atoms with Gasteiger partial charge >= 0.3 is 0 Å². The third kappa shape index (κ3) is 1.46. The molecule has 15 heavy (non-hydrogen) atoms. The second-order valence-electron chi connectivity index (χ2n) is 4.17. The molecule has 0 fully saturated rings. The number of rotatable bonds is 1. The van der Waals surface area contributed by atoms with Crippen molar-refractivity contribution in [3.63, 3.8) is 0 Å². The van der Waals surface area contributed by atoms with Crippen LogP contribution in [0.2, 0.25) is 0 Å². The van der Waals surface area contributed by atoms with E-state index in [-0.39, 0.29) is 5.56 Å². The van der Waals surface area contributed by atoms with Crippen LogP contribution in [0.3, 0.4) is 0 Å². The van der Waals surface area contributed by atoms with Gasteiger partial charge in [0.25, 0.3) is 5.56 Å². The quantitative estimate of drug-likeness (QED) is 0.773. The minimum absolute atomic E-state index is 0.0334. The number of aryl methyl sites for hydroxylation is 2. The van der Waals surface area contributed by atoms with Crippen molar-refractivity contribution in [1.82, 2.24) is 14.8 Å². The first-order valence-electron chi connectivity index (χ1n) is 5.09. The first-order chi connectivity index (χ1) is 7.00. The number of fused-ring (bicyclic) bond motifs is 1. The first kappa shape index (κ1) is 9.96. The molecule has 80 valence electrons. The van der Waals surface area contributed by atoms with Gasteiger partial charge in [-0.1, -0.05) is 0 Å². The Labute approximate surface area is 87.9 Å². The van der Waals surface area contributed by atoms with E-state index in [4.69, 9.17) is 0 Å². The lowest BCUT2D eigenvalue weighted by molar-refractivity contribution is 0.547. The summed E-state index contributed by atoms with van der Waals surface area (Å²) in [5, 5.41) is 4.42. The van der Waals surface area contributed by atoms with Crippen molar-refractivity contribution >= 4 is 11.0 Å². The van der Waals surface area contributed by atoms with E-state index in [0.29, 0.717) is 6.04 Å². The van der Waals surface area contributed by atoms with E-state index in [1.54, 1.807) is 0 Å². The van der Waals surface area contributed by atoms with Crippen LogP contribution in [0.25, 0.3) is 11.0 Å². The van der Waals surface area contributed by atoms with Gasteiger partial charge in [0, 0.05) is 11.6 Å². The van der Waals surface area contributed by atoms with Gasteiger partial charge in [-0.25, -0.2) is 0 Å². The number of H-pyrrole nitrogens is 1. The van der Waals surface area contributed by atoms with Gasteiger partial charge in [-0.15, -0.1) is 0 Å². The largest absolute Gasteiger partial charge is 0.319 e. The lowest BCUT2D eigenvalue weighted by atomic mass is 10.2. The summed E-state index contributed by atoms with van der Waals surface area (Å²) in [4.78, 5) is 14.3. The Balaban J connectivity index is 2.88. The molecule has 0 aliphatic rings. The topological polar surface area (TPSA) is 50.7 Å². The molecule has 0 aromatic carbocycles. The lowest BCUT2D eigenvalue weighted by Gasteiger charge is -2.06. The van der Waals surface area contributed by atoms with Crippen molar-refractivity contribution in [2.75, 3.05) is 0 Å². The SMILES string of the molecule is Cc1cc2c([nH]c1=O)c(C)nn2C(C)C. The van der Waals surface area contributed by atoms with Crippen LogP contribution in [0.15, 0.2) is 10.9 Å². The number of hydrogen-bond acceptors (Lipinski definition) is 2. The minimum Gasteiger partial charge on any atom is -0.319 e. The predicted molar refractivity (Wildman–Crippen MR) is 60.2 cm³/mol. The second kappa shape index (κ2) is 3.22. The fourth-order valence-corrected chi connectivity index (χ4v) is 1.73. The zero-order chi connectivity index (χ0) is 11.2. The Morgan fingerprint density at radius 1 is 1.40 bits per heavy atom. The predicted octanol–water partition coefficient (Wildman–Crippen LogP) is 1.92.